The van der Waals surface area contributed by atoms with Crippen LogP contribution < -0.4 is 5.50 Å². The van der Waals surface area contributed by atoms with E-state index in [0.29, 0.717) is 26.4 Å². The summed E-state index contributed by atoms with van der Waals surface area (Å²) < 4.78 is 14.6. The van der Waals surface area contributed by atoms with Gasteiger partial charge in [-0.3, -0.25) is 5.50 Å². The predicted molar refractivity (Wildman–Crippen MR) is 48.0 cm³/mol. The van der Waals surface area contributed by atoms with Gasteiger partial charge in [-0.25, -0.2) is 0 Å². The van der Waals surface area contributed by atoms with E-state index in [4.69, 9.17) is 25.0 Å². The monoisotopic (exact) mass is 213 g/mol. The first kappa shape index (κ1) is 13.2. The number of aliphatic hydroxyl groups is 1. The van der Waals surface area contributed by atoms with Crippen molar-refractivity contribution < 1.29 is 24.0 Å². The van der Waals surface area contributed by atoms with Crippen LogP contribution in [0.4, 0.5) is 0 Å². The van der Waals surface area contributed by atoms with Crippen LogP contribution in [0.1, 0.15) is 0 Å². The molecule has 0 heterocycles. The van der Waals surface area contributed by atoms with Gasteiger partial charge in [-0.2, -0.15) is 0 Å². The van der Waals surface area contributed by atoms with Crippen molar-refractivity contribution >= 4 is 8.53 Å². The van der Waals surface area contributed by atoms with Crippen LogP contribution in [0.15, 0.2) is 0 Å². The van der Waals surface area contributed by atoms with Crippen molar-refractivity contribution in [3.05, 3.63) is 0 Å². The summed E-state index contributed by atoms with van der Waals surface area (Å²) in [6.07, 6.45) is 0. The molecule has 0 amide bonds. The fourth-order valence-corrected chi connectivity index (χ4v) is 0.838. The third kappa shape index (κ3) is 12.2. The van der Waals surface area contributed by atoms with E-state index in [1.807, 2.05) is 0 Å². The lowest BCUT2D eigenvalue weighted by Gasteiger charge is -2.06. The van der Waals surface area contributed by atoms with Crippen molar-refractivity contribution in [2.75, 3.05) is 39.6 Å². The molecule has 0 aliphatic carbocycles. The molecule has 0 fully saturated rings. The van der Waals surface area contributed by atoms with Gasteiger partial charge in [-0.15, -0.1) is 0 Å². The van der Waals surface area contributed by atoms with Crippen molar-refractivity contribution in [2.45, 2.75) is 0 Å². The van der Waals surface area contributed by atoms with E-state index in [1.54, 1.807) is 0 Å². The largest absolute Gasteiger partial charge is 0.394 e. The molecule has 6 nitrogen and oxygen atoms in total. The topological polar surface area (TPSA) is 94.2 Å². The highest BCUT2D eigenvalue weighted by molar-refractivity contribution is 7.43. The first-order valence-electron chi connectivity index (χ1n) is 3.90. The molecule has 0 radical (unpaired) electrons. The SMILES string of the molecule is NP(O)OCCOCCOCCO. The van der Waals surface area contributed by atoms with Gasteiger partial charge in [0.2, 0.25) is 8.53 Å². The van der Waals surface area contributed by atoms with Gasteiger partial charge in [-0.05, 0) is 0 Å². The maximum Gasteiger partial charge on any atom is 0.250 e. The second-order valence-electron chi connectivity index (χ2n) is 2.08. The summed E-state index contributed by atoms with van der Waals surface area (Å²) in [6, 6.07) is 0. The quantitative estimate of drug-likeness (QED) is 0.343. The normalized spacial score (nSPS) is 13.2. The van der Waals surface area contributed by atoms with Crippen LogP contribution in [0.2, 0.25) is 0 Å². The van der Waals surface area contributed by atoms with Crippen molar-refractivity contribution in [3.63, 3.8) is 0 Å². The van der Waals surface area contributed by atoms with Gasteiger partial charge in [0.15, 0.2) is 0 Å². The maximum absolute atomic E-state index is 8.54. The molecule has 80 valence electrons. The molecule has 0 saturated carbocycles. The smallest absolute Gasteiger partial charge is 0.250 e. The van der Waals surface area contributed by atoms with Gasteiger partial charge in [0.05, 0.1) is 39.6 Å². The van der Waals surface area contributed by atoms with Crippen LogP contribution in [0.5, 0.6) is 0 Å². The molecular weight excluding hydrogens is 197 g/mol. The second kappa shape index (κ2) is 10.3. The summed E-state index contributed by atoms with van der Waals surface area (Å²) in [4.78, 5) is 8.54. The Bertz CT molecular complexity index is 105. The lowest BCUT2D eigenvalue weighted by Crippen LogP contribution is -2.10. The zero-order valence-corrected chi connectivity index (χ0v) is 8.28. The lowest BCUT2D eigenvalue weighted by molar-refractivity contribution is 0.0248. The summed E-state index contributed by atoms with van der Waals surface area (Å²) in [5, 5.41) is 8.34. The average Bonchev–Trinajstić information content (AvgIpc) is 2.09. The lowest BCUT2D eigenvalue weighted by atomic mass is 10.7. The minimum atomic E-state index is -1.78. The first-order chi connectivity index (χ1) is 6.27. The molecule has 0 spiro atoms. The molecule has 7 heteroatoms. The van der Waals surface area contributed by atoms with Gasteiger partial charge in [0.1, 0.15) is 0 Å². The Hall–Kier alpha value is 0.190. The number of rotatable bonds is 9. The van der Waals surface area contributed by atoms with E-state index in [1.165, 1.54) is 0 Å². The van der Waals surface area contributed by atoms with Gasteiger partial charge in [0.25, 0.3) is 0 Å². The summed E-state index contributed by atoms with van der Waals surface area (Å²) in [6.45, 7) is 1.88. The number of hydrogen-bond donors (Lipinski definition) is 3. The van der Waals surface area contributed by atoms with Gasteiger partial charge in [-0.1, -0.05) is 0 Å². The summed E-state index contributed by atoms with van der Waals surface area (Å²) in [5.74, 6) is 0. The van der Waals surface area contributed by atoms with Crippen molar-refractivity contribution in [2.24, 2.45) is 5.50 Å². The molecular formula is C6H16NO5P. The third-order valence-electron chi connectivity index (χ3n) is 1.06. The van der Waals surface area contributed by atoms with E-state index in [-0.39, 0.29) is 13.2 Å². The van der Waals surface area contributed by atoms with Gasteiger partial charge < -0.3 is 24.0 Å². The fraction of sp³-hybridized carbons (Fsp3) is 1.00. The number of hydrogen-bond acceptors (Lipinski definition) is 6. The Balaban J connectivity index is 2.84. The van der Waals surface area contributed by atoms with E-state index in [2.05, 4.69) is 4.52 Å². The Morgan fingerprint density at radius 3 is 2.08 bits per heavy atom. The Kier molecular flexibility index (Phi) is 10.4. The molecule has 0 aromatic carbocycles. The van der Waals surface area contributed by atoms with Crippen molar-refractivity contribution in [1.29, 1.82) is 0 Å². The molecule has 4 N–H and O–H groups in total. The van der Waals surface area contributed by atoms with Crippen LogP contribution >= 0.6 is 8.53 Å². The Morgan fingerprint density at radius 1 is 1.00 bits per heavy atom. The van der Waals surface area contributed by atoms with Crippen molar-refractivity contribution in [1.82, 2.24) is 0 Å². The van der Waals surface area contributed by atoms with E-state index >= 15 is 0 Å². The van der Waals surface area contributed by atoms with E-state index < -0.39 is 8.53 Å². The second-order valence-corrected chi connectivity index (χ2v) is 2.95. The average molecular weight is 213 g/mol. The van der Waals surface area contributed by atoms with Gasteiger partial charge >= 0.3 is 0 Å². The molecule has 0 bridgehead atoms. The fourth-order valence-electron chi connectivity index (χ4n) is 0.576. The number of aliphatic hydroxyl groups excluding tert-OH is 1. The molecule has 1 atom stereocenters. The molecule has 0 aliphatic rings. The first-order valence-corrected chi connectivity index (χ1v) is 5.18. The van der Waals surface area contributed by atoms with Crippen LogP contribution in [-0.2, 0) is 14.0 Å². The van der Waals surface area contributed by atoms with Gasteiger partial charge in [0, 0.05) is 0 Å². The zero-order chi connectivity index (χ0) is 9.94. The summed E-state index contributed by atoms with van der Waals surface area (Å²) in [5.41, 5.74) is 4.96. The van der Waals surface area contributed by atoms with Crippen LogP contribution in [-0.4, -0.2) is 49.6 Å². The minimum Gasteiger partial charge on any atom is -0.394 e. The standard InChI is InChI=1S/C6H16NO5P/c7-13(9)12-6-5-11-4-3-10-2-1-8/h8-9H,1-7H2. The Labute approximate surface area is 78.6 Å². The summed E-state index contributed by atoms with van der Waals surface area (Å²) >= 11 is 0. The number of nitrogens with two attached hydrogens (primary N) is 1. The highest BCUT2D eigenvalue weighted by Gasteiger charge is 1.95. The van der Waals surface area contributed by atoms with Crippen LogP contribution in [0.25, 0.3) is 0 Å². The molecule has 1 unspecified atom stereocenters. The maximum atomic E-state index is 8.54. The molecule has 13 heavy (non-hydrogen) atoms. The Morgan fingerprint density at radius 2 is 1.54 bits per heavy atom. The summed E-state index contributed by atoms with van der Waals surface area (Å²) in [7, 11) is -1.78. The predicted octanol–water partition coefficient (Wildman–Crippen LogP) is -0.794. The number of ether oxygens (including phenoxy) is 2. The highest BCUT2D eigenvalue weighted by Crippen LogP contribution is 2.18. The zero-order valence-electron chi connectivity index (χ0n) is 7.39. The van der Waals surface area contributed by atoms with E-state index in [0.717, 1.165) is 0 Å². The molecule has 0 aromatic heterocycles. The molecule has 0 aromatic rings. The van der Waals surface area contributed by atoms with Crippen LogP contribution in [0, 0.1) is 0 Å². The van der Waals surface area contributed by atoms with E-state index in [9.17, 15) is 0 Å². The molecule has 0 rings (SSSR count). The molecule has 0 saturated heterocycles. The van der Waals surface area contributed by atoms with Crippen LogP contribution in [0.3, 0.4) is 0 Å². The van der Waals surface area contributed by atoms with Crippen molar-refractivity contribution in [3.8, 4) is 0 Å². The highest BCUT2D eigenvalue weighted by atomic mass is 31.2. The third-order valence-corrected chi connectivity index (χ3v) is 1.51. The molecule has 0 aliphatic heterocycles. The minimum absolute atomic E-state index is 0.0189.